The zero-order valence-electron chi connectivity index (χ0n) is 31.9. The minimum atomic E-state index is -2.11. The monoisotopic (exact) mass is 885 g/mol. The Morgan fingerprint density at radius 2 is 0.600 bits per heavy atom. The van der Waals surface area contributed by atoms with Crippen molar-refractivity contribution in [2.24, 2.45) is 5.73 Å². The van der Waals surface area contributed by atoms with Crippen molar-refractivity contribution < 1.29 is 129 Å². The molecule has 0 aromatic rings. The Kier molecular flexibility index (Phi) is 18.5. The van der Waals surface area contributed by atoms with Gasteiger partial charge in [-0.1, -0.05) is 0 Å². The second-order valence-corrected chi connectivity index (χ2v) is 14.9. The van der Waals surface area contributed by atoms with Gasteiger partial charge in [-0.25, -0.2) is 0 Å². The molecule has 5 saturated heterocycles. The van der Waals surface area contributed by atoms with Crippen LogP contribution >= 0.6 is 0 Å². The van der Waals surface area contributed by atoms with Gasteiger partial charge >= 0.3 is 0 Å². The highest BCUT2D eigenvalue weighted by atomic mass is 16.8. The molecular formula is C33H59NO26. The summed E-state index contributed by atoms with van der Waals surface area (Å²) in [5.41, 5.74) is 5.44. The molecule has 0 amide bonds. The highest BCUT2D eigenvalue weighted by Crippen LogP contribution is 2.35. The maximum absolute atomic E-state index is 11.1. The summed E-state index contributed by atoms with van der Waals surface area (Å²) in [4.78, 5) is 0. The first kappa shape index (κ1) is 49.9. The lowest BCUT2D eigenvalue weighted by atomic mass is 9.95. The number of hydrogen-bond donors (Lipinski definition) is 17. The zero-order chi connectivity index (χ0) is 44.2. The van der Waals surface area contributed by atoms with E-state index in [0.717, 1.165) is 0 Å². The van der Waals surface area contributed by atoms with Crippen LogP contribution in [0.2, 0.25) is 0 Å². The van der Waals surface area contributed by atoms with Crippen molar-refractivity contribution in [2.45, 2.75) is 160 Å². The van der Waals surface area contributed by atoms with Crippen LogP contribution in [-0.2, 0) is 47.4 Å². The Balaban J connectivity index is 1.21. The topological polar surface area (TPSA) is 442 Å². The van der Waals surface area contributed by atoms with Gasteiger partial charge in [0.25, 0.3) is 0 Å². The van der Waals surface area contributed by atoms with Crippen LogP contribution in [0.5, 0.6) is 0 Å². The zero-order valence-corrected chi connectivity index (χ0v) is 31.9. The summed E-state index contributed by atoms with van der Waals surface area (Å²) >= 11 is 0. The van der Waals surface area contributed by atoms with E-state index < -0.39 is 187 Å². The molecule has 352 valence electrons. The molecular weight excluding hydrogens is 826 g/mol. The number of aliphatic hydroxyl groups is 16. The lowest BCUT2D eigenvalue weighted by molar-refractivity contribution is -0.393. The molecule has 10 unspecified atom stereocenters. The first-order chi connectivity index (χ1) is 28.6. The molecule has 5 aliphatic rings. The number of hydrogen-bond acceptors (Lipinski definition) is 27. The lowest BCUT2D eigenvalue weighted by Gasteiger charge is -2.49. The van der Waals surface area contributed by atoms with Crippen molar-refractivity contribution in [3.63, 3.8) is 0 Å². The van der Waals surface area contributed by atoms with Crippen LogP contribution in [0.3, 0.4) is 0 Å². The van der Waals surface area contributed by atoms with Gasteiger partial charge < -0.3 is 135 Å². The van der Waals surface area contributed by atoms with Gasteiger partial charge in [-0.2, -0.15) is 0 Å². The van der Waals surface area contributed by atoms with Crippen molar-refractivity contribution in [2.75, 3.05) is 46.2 Å². The molecule has 25 atom stereocenters. The first-order valence-corrected chi connectivity index (χ1v) is 19.3. The molecule has 5 heterocycles. The maximum Gasteiger partial charge on any atom is 0.187 e. The largest absolute Gasteiger partial charge is 0.394 e. The van der Waals surface area contributed by atoms with Crippen molar-refractivity contribution >= 4 is 0 Å². The maximum atomic E-state index is 11.1. The van der Waals surface area contributed by atoms with Gasteiger partial charge in [-0.15, -0.1) is 0 Å². The summed E-state index contributed by atoms with van der Waals surface area (Å²) in [5, 5.41) is 168. The summed E-state index contributed by atoms with van der Waals surface area (Å²) in [6.45, 7) is -4.10. The number of rotatable bonds is 17. The smallest absolute Gasteiger partial charge is 0.187 e. The lowest BCUT2D eigenvalue weighted by Crippen LogP contribution is -2.68. The average molecular weight is 886 g/mol. The Bertz CT molecular complexity index is 1270. The minimum absolute atomic E-state index is 0.0525. The summed E-state index contributed by atoms with van der Waals surface area (Å²) in [6.07, 6.45) is -44.3. The second-order valence-electron chi connectivity index (χ2n) is 14.9. The number of aliphatic hydroxyl groups excluding tert-OH is 16. The van der Waals surface area contributed by atoms with Crippen LogP contribution in [-0.4, -0.2) is 281 Å². The van der Waals surface area contributed by atoms with E-state index in [-0.39, 0.29) is 13.2 Å². The van der Waals surface area contributed by atoms with Crippen LogP contribution in [0.25, 0.3) is 0 Å². The summed E-state index contributed by atoms with van der Waals surface area (Å²) in [5.74, 6) is 0. The van der Waals surface area contributed by atoms with E-state index in [1.807, 2.05) is 0 Å². The van der Waals surface area contributed by atoms with Crippen molar-refractivity contribution in [1.82, 2.24) is 0 Å². The third-order valence-electron chi connectivity index (χ3n) is 10.9. The molecule has 5 fully saturated rings. The van der Waals surface area contributed by atoms with E-state index in [4.69, 9.17) is 53.1 Å². The van der Waals surface area contributed by atoms with Gasteiger partial charge in [0.15, 0.2) is 31.5 Å². The van der Waals surface area contributed by atoms with E-state index in [1.165, 1.54) is 0 Å². The third kappa shape index (κ3) is 10.5. The standard InChI is InChI=1S/C33H59NO26/c34-2-1-3-51-29-21(47)16(42)25(10(5-36)53-29)58-31-23(49)18(44)27(12(7-38)55-31)60-33-24(50)19(45)28(13(8-39)56-33)59-32-22(48)17(43)26(11(6-37)54-32)57-30-20(46)15(41)14(40)9(4-35)52-30/h9-33,35-50H,1-8,34H2/t9?,10?,11?,12?,13?,14-,15+,16-,17-,18-,19-,20?,21?,22?,23?,24?,25-,26-,27-,28+,29-,30+,31+,32-,33-/m1/s1. The van der Waals surface area contributed by atoms with Gasteiger partial charge in [0.1, 0.15) is 122 Å². The molecule has 0 aromatic heterocycles. The quantitative estimate of drug-likeness (QED) is 0.0603. The van der Waals surface area contributed by atoms with Crippen LogP contribution in [0.1, 0.15) is 6.42 Å². The van der Waals surface area contributed by atoms with Crippen molar-refractivity contribution in [3.05, 3.63) is 0 Å². The summed E-state index contributed by atoms with van der Waals surface area (Å²) < 4.78 is 55.4. The fourth-order valence-electron chi connectivity index (χ4n) is 7.44. The molecule has 5 rings (SSSR count). The van der Waals surface area contributed by atoms with E-state index in [9.17, 15) is 81.7 Å². The van der Waals surface area contributed by atoms with Crippen LogP contribution < -0.4 is 5.73 Å². The fraction of sp³-hybridized carbons (Fsp3) is 1.00. The van der Waals surface area contributed by atoms with Crippen LogP contribution in [0, 0.1) is 0 Å². The Hall–Kier alpha value is -1.08. The SMILES string of the molecule is NCCCO[C@@H]1OC(CO)[C@@H](O[C@@H]2OC(CO)[C@@H](O[C@H]3OC(CO)[C@H](O[C@H]4OC(CO)[C@@H](O[C@@H]5OC(CO)[C@@H](O)[C@H](O)C5O)[C@H](O)C4O)[C@H](O)C3O)[C@H](O)C2O)[C@H](O)C1O. The predicted molar refractivity (Wildman–Crippen MR) is 184 cm³/mol. The second kappa shape index (κ2) is 22.2. The number of nitrogens with two attached hydrogens (primary N) is 1. The minimum Gasteiger partial charge on any atom is -0.394 e. The Labute approximate surface area is 341 Å². The van der Waals surface area contributed by atoms with E-state index in [0.29, 0.717) is 6.42 Å². The average Bonchev–Trinajstić information content (AvgIpc) is 3.24. The van der Waals surface area contributed by atoms with E-state index in [2.05, 4.69) is 0 Å². The van der Waals surface area contributed by atoms with Gasteiger partial charge in [0, 0.05) is 0 Å². The first-order valence-electron chi connectivity index (χ1n) is 19.3. The fourth-order valence-corrected chi connectivity index (χ4v) is 7.44. The molecule has 0 bridgehead atoms. The molecule has 27 heteroatoms. The molecule has 0 spiro atoms. The molecule has 0 aromatic carbocycles. The van der Waals surface area contributed by atoms with E-state index in [1.54, 1.807) is 0 Å². The molecule has 18 N–H and O–H groups in total. The van der Waals surface area contributed by atoms with Gasteiger partial charge in [0.2, 0.25) is 0 Å². The third-order valence-corrected chi connectivity index (χ3v) is 10.9. The highest BCUT2D eigenvalue weighted by Gasteiger charge is 2.56. The molecule has 0 saturated carbocycles. The number of ether oxygens (including phenoxy) is 10. The Morgan fingerprint density at radius 1 is 0.333 bits per heavy atom. The van der Waals surface area contributed by atoms with Gasteiger partial charge in [-0.05, 0) is 13.0 Å². The molecule has 27 nitrogen and oxygen atoms in total. The summed E-state index contributed by atoms with van der Waals surface area (Å²) in [7, 11) is 0. The van der Waals surface area contributed by atoms with Gasteiger partial charge in [-0.3, -0.25) is 0 Å². The van der Waals surface area contributed by atoms with Crippen molar-refractivity contribution in [3.8, 4) is 0 Å². The van der Waals surface area contributed by atoms with Crippen LogP contribution in [0.15, 0.2) is 0 Å². The van der Waals surface area contributed by atoms with E-state index >= 15 is 0 Å². The molecule has 5 aliphatic heterocycles. The molecule has 60 heavy (non-hydrogen) atoms. The van der Waals surface area contributed by atoms with Gasteiger partial charge in [0.05, 0.1) is 39.6 Å². The molecule has 0 radical (unpaired) electrons. The highest BCUT2D eigenvalue weighted by molar-refractivity contribution is 4.99. The molecule has 0 aliphatic carbocycles. The van der Waals surface area contributed by atoms with Crippen molar-refractivity contribution in [1.29, 1.82) is 0 Å². The van der Waals surface area contributed by atoms with Crippen LogP contribution in [0.4, 0.5) is 0 Å². The Morgan fingerprint density at radius 3 is 0.900 bits per heavy atom. The summed E-state index contributed by atoms with van der Waals surface area (Å²) in [6, 6.07) is 0. The normalized spacial score (nSPS) is 50.5. The predicted octanol–water partition coefficient (Wildman–Crippen LogP) is -11.6.